The Bertz CT molecular complexity index is 260. The zero-order valence-electron chi connectivity index (χ0n) is 8.25. The molecule has 2 nitrogen and oxygen atoms in total. The molecule has 0 atom stereocenters. The Hall–Kier alpha value is -0.0900. The van der Waals surface area contributed by atoms with Crippen molar-refractivity contribution >= 4 is 22.2 Å². The van der Waals surface area contributed by atoms with E-state index in [1.807, 2.05) is 0 Å². The molecule has 0 saturated carbocycles. The van der Waals surface area contributed by atoms with Gasteiger partial charge in [0, 0.05) is 5.41 Å². The van der Waals surface area contributed by atoms with Gasteiger partial charge in [-0.05, 0) is 12.5 Å². The van der Waals surface area contributed by atoms with Crippen LogP contribution in [0, 0.1) is 0 Å². The number of hydrogen-bond acceptors (Lipinski definition) is 3. The van der Waals surface area contributed by atoms with Crippen molar-refractivity contribution in [3.63, 3.8) is 0 Å². The molecule has 0 radical (unpaired) electrons. The van der Waals surface area contributed by atoms with Crippen molar-refractivity contribution in [3.05, 3.63) is 5.01 Å². The standard InChI is InChI=1S/C8H16N2S2/c1-8(2,3)6-9-10-7(11-6)12(4)5/h12H,1-5H3. The molecule has 0 amide bonds. The highest BCUT2D eigenvalue weighted by Crippen LogP contribution is 2.34. The number of nitrogens with zero attached hydrogens (tertiary/aromatic N) is 2. The Morgan fingerprint density at radius 1 is 1.17 bits per heavy atom. The van der Waals surface area contributed by atoms with Crippen LogP contribution in [0.5, 0.6) is 0 Å². The Morgan fingerprint density at radius 3 is 2.00 bits per heavy atom. The monoisotopic (exact) mass is 204 g/mol. The van der Waals surface area contributed by atoms with Gasteiger partial charge in [-0.15, -0.1) is 10.2 Å². The summed E-state index contributed by atoms with van der Waals surface area (Å²) in [6.07, 6.45) is 4.42. The molecule has 1 aromatic heterocycles. The van der Waals surface area contributed by atoms with Crippen molar-refractivity contribution in [1.29, 1.82) is 0 Å². The maximum Gasteiger partial charge on any atom is 0.154 e. The molecule has 0 aliphatic rings. The summed E-state index contributed by atoms with van der Waals surface area (Å²) in [6.45, 7) is 6.51. The lowest BCUT2D eigenvalue weighted by Gasteiger charge is -2.12. The Labute approximate surface area is 80.8 Å². The van der Waals surface area contributed by atoms with E-state index in [-0.39, 0.29) is 16.3 Å². The van der Waals surface area contributed by atoms with Crippen molar-refractivity contribution < 1.29 is 0 Å². The number of rotatable bonds is 1. The van der Waals surface area contributed by atoms with Crippen molar-refractivity contribution in [3.8, 4) is 0 Å². The van der Waals surface area contributed by atoms with Crippen molar-refractivity contribution in [2.24, 2.45) is 0 Å². The SMILES string of the molecule is C[SH](C)c1nnc(C(C)(C)C)s1. The zero-order valence-corrected chi connectivity index (χ0v) is 9.96. The molecule has 0 spiro atoms. The molecular formula is C8H16N2S2. The van der Waals surface area contributed by atoms with Crippen LogP contribution < -0.4 is 0 Å². The van der Waals surface area contributed by atoms with Gasteiger partial charge in [-0.2, -0.15) is 0 Å². The fourth-order valence-corrected chi connectivity index (χ4v) is 2.56. The summed E-state index contributed by atoms with van der Waals surface area (Å²) < 4.78 is 1.20. The predicted octanol–water partition coefficient (Wildman–Crippen LogP) is 2.46. The summed E-state index contributed by atoms with van der Waals surface area (Å²) in [7, 11) is -0.0770. The van der Waals surface area contributed by atoms with Crippen molar-refractivity contribution in [2.45, 2.75) is 30.5 Å². The van der Waals surface area contributed by atoms with E-state index in [9.17, 15) is 0 Å². The van der Waals surface area contributed by atoms with Crippen LogP contribution in [-0.4, -0.2) is 22.7 Å². The van der Waals surface area contributed by atoms with Gasteiger partial charge in [0.1, 0.15) is 5.01 Å². The molecule has 1 heterocycles. The van der Waals surface area contributed by atoms with Gasteiger partial charge in [-0.25, -0.2) is 10.9 Å². The van der Waals surface area contributed by atoms with Gasteiger partial charge in [0.15, 0.2) is 4.34 Å². The highest BCUT2D eigenvalue weighted by atomic mass is 32.2. The minimum Gasteiger partial charge on any atom is -0.205 e. The van der Waals surface area contributed by atoms with Crippen LogP contribution in [0.1, 0.15) is 25.8 Å². The molecule has 12 heavy (non-hydrogen) atoms. The van der Waals surface area contributed by atoms with E-state index in [0.717, 1.165) is 5.01 Å². The van der Waals surface area contributed by atoms with E-state index in [1.165, 1.54) is 4.34 Å². The molecular weight excluding hydrogens is 188 g/mol. The van der Waals surface area contributed by atoms with Crippen LogP contribution in [0.15, 0.2) is 4.34 Å². The Balaban J connectivity index is 2.92. The first-order valence-electron chi connectivity index (χ1n) is 3.92. The van der Waals surface area contributed by atoms with E-state index in [2.05, 4.69) is 43.5 Å². The molecule has 0 aliphatic heterocycles. The lowest BCUT2D eigenvalue weighted by atomic mass is 9.98. The third kappa shape index (κ3) is 2.20. The fourth-order valence-electron chi connectivity index (χ4n) is 0.699. The molecule has 0 saturated heterocycles. The van der Waals surface area contributed by atoms with Gasteiger partial charge in [-0.1, -0.05) is 32.1 Å². The van der Waals surface area contributed by atoms with Gasteiger partial charge in [-0.3, -0.25) is 0 Å². The second-order valence-electron chi connectivity index (χ2n) is 4.03. The van der Waals surface area contributed by atoms with Crippen LogP contribution >= 0.6 is 22.2 Å². The molecule has 0 aliphatic carbocycles. The quantitative estimate of drug-likeness (QED) is 0.711. The van der Waals surface area contributed by atoms with Gasteiger partial charge < -0.3 is 0 Å². The van der Waals surface area contributed by atoms with Crippen molar-refractivity contribution in [1.82, 2.24) is 10.2 Å². The Kier molecular flexibility index (Phi) is 2.78. The van der Waals surface area contributed by atoms with Gasteiger partial charge in [0.25, 0.3) is 0 Å². The van der Waals surface area contributed by atoms with Crippen LogP contribution in [0.3, 0.4) is 0 Å². The van der Waals surface area contributed by atoms with E-state index < -0.39 is 0 Å². The first-order valence-corrected chi connectivity index (χ1v) is 6.98. The summed E-state index contributed by atoms with van der Waals surface area (Å²) in [5, 5.41) is 9.52. The Morgan fingerprint density at radius 2 is 1.75 bits per heavy atom. The number of hydrogen-bond donors (Lipinski definition) is 1. The maximum absolute atomic E-state index is 4.19. The molecule has 1 aromatic rings. The summed E-state index contributed by atoms with van der Waals surface area (Å²) in [5.74, 6) is 0. The summed E-state index contributed by atoms with van der Waals surface area (Å²) in [6, 6.07) is 0. The fraction of sp³-hybridized carbons (Fsp3) is 0.750. The van der Waals surface area contributed by atoms with Crippen LogP contribution in [-0.2, 0) is 5.41 Å². The van der Waals surface area contributed by atoms with E-state index >= 15 is 0 Å². The third-order valence-electron chi connectivity index (χ3n) is 1.44. The minimum absolute atomic E-state index is 0.0770. The smallest absolute Gasteiger partial charge is 0.154 e. The first kappa shape index (κ1) is 9.99. The maximum atomic E-state index is 4.19. The lowest BCUT2D eigenvalue weighted by molar-refractivity contribution is 0.577. The molecule has 0 bridgehead atoms. The van der Waals surface area contributed by atoms with E-state index in [1.54, 1.807) is 11.3 Å². The summed E-state index contributed by atoms with van der Waals surface area (Å²) in [5.41, 5.74) is 0.154. The van der Waals surface area contributed by atoms with E-state index in [4.69, 9.17) is 0 Å². The van der Waals surface area contributed by atoms with Gasteiger partial charge in [0.05, 0.1) is 0 Å². The van der Waals surface area contributed by atoms with Crippen LogP contribution in [0.4, 0.5) is 0 Å². The van der Waals surface area contributed by atoms with E-state index in [0.29, 0.717) is 0 Å². The average Bonchev–Trinajstić information content (AvgIpc) is 2.30. The summed E-state index contributed by atoms with van der Waals surface area (Å²) in [4.78, 5) is 0. The van der Waals surface area contributed by atoms with Crippen molar-refractivity contribution in [2.75, 3.05) is 12.5 Å². The highest BCUT2D eigenvalue weighted by molar-refractivity contribution is 8.17. The molecule has 0 aromatic carbocycles. The summed E-state index contributed by atoms with van der Waals surface area (Å²) >= 11 is 1.75. The number of aromatic nitrogens is 2. The van der Waals surface area contributed by atoms with Gasteiger partial charge >= 0.3 is 0 Å². The van der Waals surface area contributed by atoms with Crippen LogP contribution in [0.2, 0.25) is 0 Å². The molecule has 1 rings (SSSR count). The largest absolute Gasteiger partial charge is 0.205 e. The molecule has 0 N–H and O–H groups in total. The average molecular weight is 204 g/mol. The minimum atomic E-state index is -0.0770. The predicted molar refractivity (Wildman–Crippen MR) is 57.7 cm³/mol. The zero-order chi connectivity index (χ0) is 9.35. The molecule has 4 heteroatoms. The number of thiol groups is 1. The lowest BCUT2D eigenvalue weighted by Crippen LogP contribution is -2.10. The molecule has 70 valence electrons. The normalized spacial score (nSPS) is 13.2. The molecule has 0 unspecified atom stereocenters. The second kappa shape index (κ2) is 3.34. The second-order valence-corrected chi connectivity index (χ2v) is 7.53. The third-order valence-corrected chi connectivity index (χ3v) is 4.81. The highest BCUT2D eigenvalue weighted by Gasteiger charge is 2.19. The molecule has 0 fully saturated rings. The topological polar surface area (TPSA) is 25.8 Å². The first-order chi connectivity index (χ1) is 5.41. The van der Waals surface area contributed by atoms with Crippen LogP contribution in [0.25, 0.3) is 0 Å². The van der Waals surface area contributed by atoms with Gasteiger partial charge in [0.2, 0.25) is 0 Å².